The number of nitrogens with one attached hydrogen (secondary N) is 1. The van der Waals surface area contributed by atoms with Gasteiger partial charge in [-0.1, -0.05) is 27.2 Å². The normalized spacial score (nSPS) is 22.4. The van der Waals surface area contributed by atoms with Crippen LogP contribution in [0, 0.1) is 5.92 Å². The van der Waals surface area contributed by atoms with Gasteiger partial charge in [0.2, 0.25) is 0 Å². The molecule has 0 aromatic rings. The lowest BCUT2D eigenvalue weighted by molar-refractivity contribution is -0.134. The number of carbonyl (C=O) groups excluding carboxylic acids is 2. The van der Waals surface area contributed by atoms with E-state index in [0.29, 0.717) is 19.0 Å². The van der Waals surface area contributed by atoms with Gasteiger partial charge in [0, 0.05) is 13.1 Å². The number of rotatable bonds is 5. The van der Waals surface area contributed by atoms with Crippen LogP contribution in [0.15, 0.2) is 0 Å². The molecule has 2 aliphatic heterocycles. The minimum absolute atomic E-state index is 0.0359. The van der Waals surface area contributed by atoms with E-state index in [4.69, 9.17) is 0 Å². The Kier molecular flexibility index (Phi) is 4.68. The van der Waals surface area contributed by atoms with Gasteiger partial charge >= 0.3 is 6.03 Å². The molecule has 20 heavy (non-hydrogen) atoms. The highest BCUT2D eigenvalue weighted by Gasteiger charge is 2.56. The summed E-state index contributed by atoms with van der Waals surface area (Å²) in [6, 6.07) is -0.0703. The van der Waals surface area contributed by atoms with Crippen LogP contribution in [-0.2, 0) is 4.79 Å². The average Bonchev–Trinajstić information content (AvgIpc) is 2.60. The number of hydrogen-bond acceptors (Lipinski definition) is 3. The molecule has 0 bridgehead atoms. The van der Waals surface area contributed by atoms with E-state index in [0.717, 1.165) is 38.8 Å². The van der Waals surface area contributed by atoms with Crippen LogP contribution in [0.3, 0.4) is 0 Å². The Hall–Kier alpha value is -1.10. The van der Waals surface area contributed by atoms with E-state index in [2.05, 4.69) is 12.2 Å². The average molecular weight is 281 g/mol. The molecule has 114 valence electrons. The van der Waals surface area contributed by atoms with Crippen molar-refractivity contribution >= 4 is 11.9 Å². The van der Waals surface area contributed by atoms with Crippen molar-refractivity contribution in [1.29, 1.82) is 0 Å². The summed E-state index contributed by atoms with van der Waals surface area (Å²) in [5.74, 6) is 0.349. The molecule has 3 amide bonds. The summed E-state index contributed by atoms with van der Waals surface area (Å²) in [7, 11) is 0. The van der Waals surface area contributed by atoms with E-state index >= 15 is 0 Å². The number of carbonyl (C=O) groups is 2. The Morgan fingerprint density at radius 3 is 2.45 bits per heavy atom. The van der Waals surface area contributed by atoms with Gasteiger partial charge in [0.1, 0.15) is 5.54 Å². The number of urea groups is 1. The predicted molar refractivity (Wildman–Crippen MR) is 78.4 cm³/mol. The largest absolute Gasteiger partial charge is 0.327 e. The summed E-state index contributed by atoms with van der Waals surface area (Å²) in [4.78, 5) is 28.8. The Morgan fingerprint density at radius 1 is 1.25 bits per heavy atom. The molecular weight excluding hydrogens is 254 g/mol. The van der Waals surface area contributed by atoms with Gasteiger partial charge in [-0.3, -0.25) is 9.69 Å². The summed E-state index contributed by atoms with van der Waals surface area (Å²) in [6.07, 6.45) is 3.49. The van der Waals surface area contributed by atoms with Crippen LogP contribution in [0.5, 0.6) is 0 Å². The van der Waals surface area contributed by atoms with Crippen molar-refractivity contribution in [3.63, 3.8) is 0 Å². The van der Waals surface area contributed by atoms with E-state index in [1.54, 1.807) is 0 Å². The topological polar surface area (TPSA) is 52.7 Å². The van der Waals surface area contributed by atoms with Gasteiger partial charge in [-0.05, 0) is 38.3 Å². The van der Waals surface area contributed by atoms with Gasteiger partial charge in [-0.15, -0.1) is 0 Å². The highest BCUT2D eigenvalue weighted by molar-refractivity contribution is 6.07. The Balaban J connectivity index is 2.25. The van der Waals surface area contributed by atoms with Crippen LogP contribution >= 0.6 is 0 Å². The Morgan fingerprint density at radius 2 is 1.90 bits per heavy atom. The predicted octanol–water partition coefficient (Wildman–Crippen LogP) is 1.83. The van der Waals surface area contributed by atoms with Crippen LogP contribution in [-0.4, -0.2) is 53.5 Å². The zero-order valence-electron chi connectivity index (χ0n) is 12.9. The molecule has 0 unspecified atom stereocenters. The first-order valence-electron chi connectivity index (χ1n) is 7.87. The van der Waals surface area contributed by atoms with E-state index in [1.165, 1.54) is 4.90 Å². The molecule has 5 heteroatoms. The molecule has 2 rings (SSSR count). The van der Waals surface area contributed by atoms with E-state index in [9.17, 15) is 9.59 Å². The van der Waals surface area contributed by atoms with Gasteiger partial charge in [-0.25, -0.2) is 4.79 Å². The second-order valence-electron chi connectivity index (χ2n) is 6.38. The van der Waals surface area contributed by atoms with Crippen LogP contribution < -0.4 is 5.32 Å². The van der Waals surface area contributed by atoms with E-state index < -0.39 is 5.54 Å². The van der Waals surface area contributed by atoms with Crippen molar-refractivity contribution in [1.82, 2.24) is 15.1 Å². The number of imide groups is 1. The lowest BCUT2D eigenvalue weighted by Crippen LogP contribution is -2.56. The molecule has 0 aromatic carbocycles. The van der Waals surface area contributed by atoms with Gasteiger partial charge in [0.15, 0.2) is 0 Å². The highest BCUT2D eigenvalue weighted by Crippen LogP contribution is 2.36. The van der Waals surface area contributed by atoms with Gasteiger partial charge in [0.25, 0.3) is 5.91 Å². The molecule has 0 aromatic heterocycles. The fourth-order valence-corrected chi connectivity index (χ4v) is 3.26. The monoisotopic (exact) mass is 281 g/mol. The second-order valence-corrected chi connectivity index (χ2v) is 6.38. The number of unbranched alkanes of at least 4 members (excludes halogenated alkanes) is 1. The first kappa shape index (κ1) is 15.3. The fourth-order valence-electron chi connectivity index (χ4n) is 3.26. The molecule has 2 aliphatic rings. The van der Waals surface area contributed by atoms with E-state index in [-0.39, 0.29) is 11.9 Å². The molecule has 1 N–H and O–H groups in total. The molecule has 0 radical (unpaired) electrons. The van der Waals surface area contributed by atoms with Crippen molar-refractivity contribution in [2.24, 2.45) is 5.92 Å². The number of hydrogen-bond donors (Lipinski definition) is 1. The maximum Gasteiger partial charge on any atom is 0.327 e. The number of nitrogens with zero attached hydrogens (tertiary/aromatic N) is 2. The zero-order valence-corrected chi connectivity index (χ0v) is 12.9. The standard InChI is InChI=1S/C15H27N3O2/c1-4-5-10-18-14(20)17(11-12(2)3)13(19)15(18)6-8-16-9-7-15/h12,16H,4-11H2,1-3H3. The lowest BCUT2D eigenvalue weighted by Gasteiger charge is -2.38. The van der Waals surface area contributed by atoms with Crippen molar-refractivity contribution in [3.05, 3.63) is 0 Å². The van der Waals surface area contributed by atoms with Gasteiger partial charge in [0.05, 0.1) is 0 Å². The summed E-state index contributed by atoms with van der Waals surface area (Å²) in [5.41, 5.74) is -0.563. The maximum absolute atomic E-state index is 12.8. The summed E-state index contributed by atoms with van der Waals surface area (Å²) >= 11 is 0. The quantitative estimate of drug-likeness (QED) is 0.782. The fraction of sp³-hybridized carbons (Fsp3) is 0.867. The number of piperidine rings is 1. The minimum atomic E-state index is -0.563. The van der Waals surface area contributed by atoms with Crippen molar-refractivity contribution in [2.75, 3.05) is 26.2 Å². The molecule has 0 aliphatic carbocycles. The molecule has 0 atom stereocenters. The molecule has 2 saturated heterocycles. The summed E-state index contributed by atoms with van der Waals surface area (Å²) < 4.78 is 0. The maximum atomic E-state index is 12.8. The molecule has 0 saturated carbocycles. The number of amides is 3. The van der Waals surface area contributed by atoms with Crippen molar-refractivity contribution in [3.8, 4) is 0 Å². The SMILES string of the molecule is CCCCN1C(=O)N(CC(C)C)C(=O)C12CCNCC2. The first-order chi connectivity index (χ1) is 9.53. The lowest BCUT2D eigenvalue weighted by atomic mass is 9.86. The molecule has 5 nitrogen and oxygen atoms in total. The smallest absolute Gasteiger partial charge is 0.317 e. The summed E-state index contributed by atoms with van der Waals surface area (Å²) in [5, 5.41) is 3.29. The van der Waals surface area contributed by atoms with Crippen molar-refractivity contribution < 1.29 is 9.59 Å². The Labute approximate surface area is 121 Å². The van der Waals surface area contributed by atoms with Crippen molar-refractivity contribution in [2.45, 2.75) is 52.0 Å². The third kappa shape index (κ3) is 2.55. The molecular formula is C15H27N3O2. The Bertz CT molecular complexity index is 375. The van der Waals surface area contributed by atoms with Crippen LogP contribution in [0.2, 0.25) is 0 Å². The first-order valence-corrected chi connectivity index (χ1v) is 7.87. The summed E-state index contributed by atoms with van der Waals surface area (Å²) in [6.45, 7) is 9.08. The van der Waals surface area contributed by atoms with Gasteiger partial charge in [-0.2, -0.15) is 0 Å². The second kappa shape index (κ2) is 6.12. The van der Waals surface area contributed by atoms with Crippen LogP contribution in [0.4, 0.5) is 4.79 Å². The molecule has 2 heterocycles. The third-order valence-corrected chi connectivity index (χ3v) is 4.34. The molecule has 2 fully saturated rings. The minimum Gasteiger partial charge on any atom is -0.317 e. The van der Waals surface area contributed by atoms with E-state index in [1.807, 2.05) is 18.7 Å². The highest BCUT2D eigenvalue weighted by atomic mass is 16.2. The molecule has 1 spiro atoms. The van der Waals surface area contributed by atoms with Gasteiger partial charge < -0.3 is 10.2 Å². The van der Waals surface area contributed by atoms with Crippen LogP contribution in [0.1, 0.15) is 46.5 Å². The van der Waals surface area contributed by atoms with Crippen LogP contribution in [0.25, 0.3) is 0 Å². The zero-order chi connectivity index (χ0) is 14.8. The third-order valence-electron chi connectivity index (χ3n) is 4.34.